The van der Waals surface area contributed by atoms with Crippen molar-refractivity contribution in [2.45, 2.75) is 13.3 Å². The summed E-state index contributed by atoms with van der Waals surface area (Å²) >= 11 is 5.75. The average Bonchev–Trinajstić information content (AvgIpc) is 2.29. The molecule has 86 valence electrons. The third-order valence-electron chi connectivity index (χ3n) is 1.90. The molecule has 2 N–H and O–H groups in total. The lowest BCUT2D eigenvalue weighted by Gasteiger charge is -2.01. The topological polar surface area (TPSA) is 41.1 Å². The van der Waals surface area contributed by atoms with Crippen LogP contribution in [-0.2, 0) is 0 Å². The van der Waals surface area contributed by atoms with E-state index < -0.39 is 0 Å². The molecule has 0 atom stereocenters. The molecule has 0 heterocycles. The molecule has 0 radical (unpaired) electrons. The maximum atomic E-state index is 11.2. The van der Waals surface area contributed by atoms with Crippen molar-refractivity contribution >= 4 is 23.7 Å². The van der Waals surface area contributed by atoms with E-state index in [1.165, 1.54) is 0 Å². The van der Waals surface area contributed by atoms with Crippen LogP contribution in [0.1, 0.15) is 18.9 Å². The van der Waals surface area contributed by atoms with E-state index in [1.807, 2.05) is 25.1 Å². The van der Waals surface area contributed by atoms with E-state index in [4.69, 9.17) is 11.6 Å². The monoisotopic (exact) mass is 238 g/mol. The standard InChI is InChI=1S/C12H15ClN2O/c1-2-8-14-12(16)15-9-7-10-3-5-11(13)6-4-10/h3-7,9H,2,8H2,1H3,(H2,14,15,16)/b9-7+. The van der Waals surface area contributed by atoms with E-state index in [2.05, 4.69) is 10.6 Å². The van der Waals surface area contributed by atoms with Gasteiger partial charge >= 0.3 is 6.03 Å². The Balaban J connectivity index is 2.37. The number of hydrogen-bond donors (Lipinski definition) is 2. The number of hydrogen-bond acceptors (Lipinski definition) is 1. The van der Waals surface area contributed by atoms with Gasteiger partial charge in [0, 0.05) is 17.8 Å². The third-order valence-corrected chi connectivity index (χ3v) is 2.15. The molecule has 0 saturated heterocycles. The van der Waals surface area contributed by atoms with Crippen molar-refractivity contribution in [1.82, 2.24) is 10.6 Å². The number of halogens is 1. The number of nitrogens with one attached hydrogen (secondary N) is 2. The van der Waals surface area contributed by atoms with Crippen molar-refractivity contribution in [2.75, 3.05) is 6.54 Å². The molecule has 0 bridgehead atoms. The highest BCUT2D eigenvalue weighted by Crippen LogP contribution is 2.10. The Labute approximate surface area is 100 Å². The Morgan fingerprint density at radius 3 is 2.69 bits per heavy atom. The number of benzene rings is 1. The maximum Gasteiger partial charge on any atom is 0.318 e. The van der Waals surface area contributed by atoms with Gasteiger partial charge in [-0.15, -0.1) is 0 Å². The van der Waals surface area contributed by atoms with Gasteiger partial charge in [-0.25, -0.2) is 4.79 Å². The summed E-state index contributed by atoms with van der Waals surface area (Å²) in [7, 11) is 0. The van der Waals surface area contributed by atoms with Gasteiger partial charge in [-0.05, 0) is 30.2 Å². The molecular formula is C12H15ClN2O. The van der Waals surface area contributed by atoms with Gasteiger partial charge in [-0.1, -0.05) is 30.7 Å². The molecule has 0 aliphatic rings. The van der Waals surface area contributed by atoms with Gasteiger partial charge in [-0.3, -0.25) is 0 Å². The number of rotatable bonds is 4. The van der Waals surface area contributed by atoms with Crippen LogP contribution < -0.4 is 10.6 Å². The SMILES string of the molecule is CCCNC(=O)N/C=C/c1ccc(Cl)cc1. The lowest BCUT2D eigenvalue weighted by Crippen LogP contribution is -2.32. The van der Waals surface area contributed by atoms with Crippen LogP contribution in [0.4, 0.5) is 4.79 Å². The van der Waals surface area contributed by atoms with Gasteiger partial charge in [0.25, 0.3) is 0 Å². The first-order chi connectivity index (χ1) is 7.72. The van der Waals surface area contributed by atoms with Crippen molar-refractivity contribution in [2.24, 2.45) is 0 Å². The zero-order valence-corrected chi connectivity index (χ0v) is 9.92. The van der Waals surface area contributed by atoms with Crippen molar-refractivity contribution < 1.29 is 4.79 Å². The molecule has 0 aliphatic heterocycles. The first-order valence-corrected chi connectivity index (χ1v) is 5.56. The van der Waals surface area contributed by atoms with Crippen LogP contribution in [0.15, 0.2) is 30.5 Å². The second-order valence-electron chi connectivity index (χ2n) is 3.29. The summed E-state index contributed by atoms with van der Waals surface area (Å²) in [5, 5.41) is 6.02. The molecule has 4 heteroatoms. The molecule has 2 amide bonds. The number of carbonyl (C=O) groups is 1. The summed E-state index contributed by atoms with van der Waals surface area (Å²) in [5.41, 5.74) is 0.986. The highest BCUT2D eigenvalue weighted by Gasteiger charge is 1.93. The summed E-state index contributed by atoms with van der Waals surface area (Å²) in [4.78, 5) is 11.2. The van der Waals surface area contributed by atoms with Crippen LogP contribution in [0.5, 0.6) is 0 Å². The Kier molecular flexibility index (Phi) is 5.43. The lowest BCUT2D eigenvalue weighted by atomic mass is 10.2. The summed E-state index contributed by atoms with van der Waals surface area (Å²) in [6.07, 6.45) is 4.34. The second kappa shape index (κ2) is 6.90. The average molecular weight is 239 g/mol. The van der Waals surface area contributed by atoms with Crippen molar-refractivity contribution in [3.63, 3.8) is 0 Å². The normalized spacial score (nSPS) is 10.4. The Bertz CT molecular complexity index is 360. The third kappa shape index (κ3) is 4.84. The van der Waals surface area contributed by atoms with Crippen molar-refractivity contribution in [1.29, 1.82) is 0 Å². The van der Waals surface area contributed by atoms with Gasteiger partial charge < -0.3 is 10.6 Å². The van der Waals surface area contributed by atoms with Gasteiger partial charge in [0.2, 0.25) is 0 Å². The van der Waals surface area contributed by atoms with Gasteiger partial charge in [0.15, 0.2) is 0 Å². The summed E-state index contributed by atoms with van der Waals surface area (Å²) in [5.74, 6) is 0. The second-order valence-corrected chi connectivity index (χ2v) is 3.72. The zero-order valence-electron chi connectivity index (χ0n) is 9.16. The van der Waals surface area contributed by atoms with Crippen LogP contribution in [0.2, 0.25) is 5.02 Å². The van der Waals surface area contributed by atoms with Crippen LogP contribution in [0.25, 0.3) is 6.08 Å². The molecule has 0 unspecified atom stereocenters. The van der Waals surface area contributed by atoms with E-state index in [9.17, 15) is 4.79 Å². The number of amides is 2. The minimum Gasteiger partial charge on any atom is -0.338 e. The molecule has 0 aliphatic carbocycles. The fourth-order valence-electron chi connectivity index (χ4n) is 1.08. The highest BCUT2D eigenvalue weighted by molar-refractivity contribution is 6.30. The molecule has 0 aromatic heterocycles. The maximum absolute atomic E-state index is 11.2. The van der Waals surface area contributed by atoms with Gasteiger partial charge in [0.05, 0.1) is 0 Å². The summed E-state index contributed by atoms with van der Waals surface area (Å²) in [6.45, 7) is 2.68. The molecule has 16 heavy (non-hydrogen) atoms. The molecule has 0 fully saturated rings. The van der Waals surface area contributed by atoms with Crippen LogP contribution >= 0.6 is 11.6 Å². The molecule has 1 aromatic rings. The number of urea groups is 1. The van der Waals surface area contributed by atoms with Crippen molar-refractivity contribution in [3.05, 3.63) is 41.1 Å². The van der Waals surface area contributed by atoms with Crippen LogP contribution in [0, 0.1) is 0 Å². The van der Waals surface area contributed by atoms with E-state index in [0.717, 1.165) is 12.0 Å². The molecular weight excluding hydrogens is 224 g/mol. The van der Waals surface area contributed by atoms with E-state index in [0.29, 0.717) is 11.6 Å². The first-order valence-electron chi connectivity index (χ1n) is 5.19. The van der Waals surface area contributed by atoms with E-state index in [1.54, 1.807) is 18.3 Å². The lowest BCUT2D eigenvalue weighted by molar-refractivity contribution is 0.244. The predicted molar refractivity (Wildman–Crippen MR) is 67.3 cm³/mol. The van der Waals surface area contributed by atoms with E-state index >= 15 is 0 Å². The zero-order chi connectivity index (χ0) is 11.8. The molecule has 0 saturated carbocycles. The summed E-state index contributed by atoms with van der Waals surface area (Å²) in [6, 6.07) is 7.18. The van der Waals surface area contributed by atoms with E-state index in [-0.39, 0.29) is 6.03 Å². The molecule has 0 spiro atoms. The minimum absolute atomic E-state index is 0.188. The van der Waals surface area contributed by atoms with Crippen LogP contribution in [0.3, 0.4) is 0 Å². The summed E-state index contributed by atoms with van der Waals surface area (Å²) < 4.78 is 0. The number of carbonyl (C=O) groups excluding carboxylic acids is 1. The van der Waals surface area contributed by atoms with Gasteiger partial charge in [0.1, 0.15) is 0 Å². The minimum atomic E-state index is -0.188. The largest absolute Gasteiger partial charge is 0.338 e. The Morgan fingerprint density at radius 2 is 2.06 bits per heavy atom. The fraction of sp³-hybridized carbons (Fsp3) is 0.250. The molecule has 1 rings (SSSR count). The fourth-order valence-corrected chi connectivity index (χ4v) is 1.20. The predicted octanol–water partition coefficient (Wildman–Crippen LogP) is 3.02. The first kappa shape index (κ1) is 12.6. The van der Waals surface area contributed by atoms with Gasteiger partial charge in [-0.2, -0.15) is 0 Å². The Morgan fingerprint density at radius 1 is 1.38 bits per heavy atom. The Hall–Kier alpha value is -1.48. The molecule has 3 nitrogen and oxygen atoms in total. The highest BCUT2D eigenvalue weighted by atomic mass is 35.5. The smallest absolute Gasteiger partial charge is 0.318 e. The molecule has 1 aromatic carbocycles. The van der Waals surface area contributed by atoms with Crippen LogP contribution in [-0.4, -0.2) is 12.6 Å². The van der Waals surface area contributed by atoms with Crippen molar-refractivity contribution in [3.8, 4) is 0 Å². The quantitative estimate of drug-likeness (QED) is 0.832.